The minimum Gasteiger partial charge on any atom is -0.507 e. The minimum atomic E-state index is -1.87. The van der Waals surface area contributed by atoms with Gasteiger partial charge in [-0.15, -0.1) is 0 Å². The van der Waals surface area contributed by atoms with Crippen molar-refractivity contribution in [3.8, 4) is 11.5 Å². The fourth-order valence-corrected chi connectivity index (χ4v) is 7.70. The molecule has 0 aliphatic carbocycles. The molecule has 3 aromatic carbocycles. The van der Waals surface area contributed by atoms with Crippen LogP contribution in [-0.2, 0) is 19.6 Å². The topological polar surface area (TPSA) is 311 Å². The van der Waals surface area contributed by atoms with Crippen LogP contribution in [0.4, 0.5) is 0 Å². The van der Waals surface area contributed by atoms with Gasteiger partial charge in [0.15, 0.2) is 0 Å². The van der Waals surface area contributed by atoms with Crippen LogP contribution in [0.15, 0.2) is 54.6 Å². The number of phenolic OH excluding ortho intramolecular Hbond substituents is 2. The SMILES string of the molecule is Cc1cc(CN2CCCN(Cc3ccccc3)CCN(Cc3cc(C)cc(C(=O)NCC(O)C(O)C(O)C(O)CO)c3O)CCC2)c(O)c(C(=O)NCC(O)C(O)C(O)C(O)CO)c1. The number of hydrogen-bond acceptors (Lipinski definition) is 17. The van der Waals surface area contributed by atoms with Gasteiger partial charge in [-0.2, -0.15) is 0 Å². The van der Waals surface area contributed by atoms with Crippen molar-refractivity contribution in [1.82, 2.24) is 25.3 Å². The summed E-state index contributed by atoms with van der Waals surface area (Å²) in [5.74, 6) is -1.99. The lowest BCUT2D eigenvalue weighted by molar-refractivity contribution is -0.113. The van der Waals surface area contributed by atoms with Crippen LogP contribution in [0.2, 0.25) is 0 Å². The van der Waals surface area contributed by atoms with Crippen molar-refractivity contribution in [1.29, 1.82) is 0 Å². The van der Waals surface area contributed by atoms with E-state index >= 15 is 0 Å². The summed E-state index contributed by atoms with van der Waals surface area (Å²) in [5, 5.41) is 126. The Morgan fingerprint density at radius 3 is 1.28 bits per heavy atom. The zero-order valence-electron chi connectivity index (χ0n) is 36.4. The Kier molecular flexibility index (Phi) is 20.8. The molecular weight excluding hydrogens is 835 g/mol. The van der Waals surface area contributed by atoms with Gasteiger partial charge in [0.2, 0.25) is 0 Å². The van der Waals surface area contributed by atoms with Crippen LogP contribution in [0.1, 0.15) is 61.4 Å². The van der Waals surface area contributed by atoms with E-state index in [0.29, 0.717) is 74.5 Å². The molecule has 1 heterocycles. The molecule has 19 heteroatoms. The van der Waals surface area contributed by atoms with E-state index in [1.165, 1.54) is 12.1 Å². The van der Waals surface area contributed by atoms with E-state index in [4.69, 9.17) is 10.2 Å². The maximum absolute atomic E-state index is 13.3. The number of benzene rings is 3. The van der Waals surface area contributed by atoms with Crippen LogP contribution in [-0.4, -0.2) is 202 Å². The monoisotopic (exact) mass is 901 g/mol. The third-order valence-electron chi connectivity index (χ3n) is 11.4. The number of aryl methyl sites for hydroxylation is 2. The fraction of sp³-hybridized carbons (Fsp3) is 0.556. The summed E-state index contributed by atoms with van der Waals surface area (Å²) < 4.78 is 0. The summed E-state index contributed by atoms with van der Waals surface area (Å²) in [6, 6.07) is 16.6. The first-order chi connectivity index (χ1) is 30.4. The Hall–Kier alpha value is -4.32. The maximum Gasteiger partial charge on any atom is 0.255 e. The van der Waals surface area contributed by atoms with E-state index in [1.54, 1.807) is 26.0 Å². The summed E-state index contributed by atoms with van der Waals surface area (Å²) in [4.78, 5) is 33.3. The van der Waals surface area contributed by atoms with Gasteiger partial charge < -0.3 is 71.9 Å². The average molecular weight is 902 g/mol. The van der Waals surface area contributed by atoms with E-state index in [9.17, 15) is 60.7 Å². The lowest BCUT2D eigenvalue weighted by Crippen LogP contribution is -2.49. The first kappa shape index (κ1) is 52.3. The van der Waals surface area contributed by atoms with Gasteiger partial charge in [-0.1, -0.05) is 42.5 Å². The number of nitrogens with zero attached hydrogens (tertiary/aromatic N) is 3. The summed E-state index contributed by atoms with van der Waals surface area (Å²) in [6.45, 7) is 5.98. The number of carbonyl (C=O) groups is 2. The number of hydrogen-bond donors (Lipinski definition) is 14. The molecule has 0 saturated carbocycles. The molecule has 1 saturated heterocycles. The quantitative estimate of drug-likeness (QED) is 0.0565. The van der Waals surface area contributed by atoms with Crippen LogP contribution in [0.3, 0.4) is 0 Å². The molecular formula is C45H67N5O14. The summed E-state index contributed by atoms with van der Waals surface area (Å²) in [7, 11) is 0. The van der Waals surface area contributed by atoms with Crippen molar-refractivity contribution in [3.63, 3.8) is 0 Å². The molecule has 0 aromatic heterocycles. The lowest BCUT2D eigenvalue weighted by Gasteiger charge is -2.28. The Labute approximate surface area is 373 Å². The highest BCUT2D eigenvalue weighted by Crippen LogP contribution is 2.28. The molecule has 3 aromatic rings. The normalized spacial score (nSPS) is 18.8. The van der Waals surface area contributed by atoms with Gasteiger partial charge in [-0.25, -0.2) is 0 Å². The van der Waals surface area contributed by atoms with Gasteiger partial charge in [0.05, 0.1) is 36.5 Å². The van der Waals surface area contributed by atoms with Crippen molar-refractivity contribution < 1.29 is 70.9 Å². The second kappa shape index (κ2) is 25.4. The molecule has 0 bridgehead atoms. The number of carbonyl (C=O) groups excluding carboxylic acids is 2. The third-order valence-corrected chi connectivity index (χ3v) is 11.4. The summed E-state index contributed by atoms with van der Waals surface area (Å²) in [5.41, 5.74) is 3.39. The number of nitrogens with one attached hydrogen (secondary N) is 2. The fourth-order valence-electron chi connectivity index (χ4n) is 7.70. The predicted molar refractivity (Wildman–Crippen MR) is 234 cm³/mol. The minimum absolute atomic E-state index is 0.0535. The van der Waals surface area contributed by atoms with Crippen molar-refractivity contribution in [2.75, 3.05) is 65.6 Å². The zero-order chi connectivity index (χ0) is 47.1. The maximum atomic E-state index is 13.3. The first-order valence-electron chi connectivity index (χ1n) is 21.5. The second-order valence-corrected chi connectivity index (χ2v) is 16.7. The highest BCUT2D eigenvalue weighted by Gasteiger charge is 2.32. The van der Waals surface area contributed by atoms with Gasteiger partial charge in [0, 0.05) is 56.9 Å². The van der Waals surface area contributed by atoms with E-state index in [-0.39, 0.29) is 29.2 Å². The van der Waals surface area contributed by atoms with Crippen molar-refractivity contribution in [2.24, 2.45) is 0 Å². The number of aliphatic hydroxyl groups is 10. The molecule has 0 radical (unpaired) electrons. The average Bonchev–Trinajstić information content (AvgIpc) is 3.32. The second-order valence-electron chi connectivity index (χ2n) is 16.7. The summed E-state index contributed by atoms with van der Waals surface area (Å²) in [6.07, 6.45) is -12.8. The molecule has 356 valence electrons. The van der Waals surface area contributed by atoms with Crippen LogP contribution < -0.4 is 10.6 Å². The van der Waals surface area contributed by atoms with Gasteiger partial charge in [-0.05, 0) is 81.7 Å². The van der Waals surface area contributed by atoms with Crippen LogP contribution in [0, 0.1) is 13.8 Å². The molecule has 8 unspecified atom stereocenters. The van der Waals surface area contributed by atoms with Crippen LogP contribution in [0.5, 0.6) is 11.5 Å². The standard InChI is InChI=1S/C45H67N5O14/c1-27-16-30(38(57)32(18-27)44(63)46-20-34(53)40(59)42(61)36(55)25-51)23-48-10-6-12-49(22-29-8-4-3-5-9-29)14-15-50(13-7-11-48)24-31-17-28(2)19-33(39(31)58)45(64)47-21-35(54)41(60)43(62)37(56)26-52/h3-5,8-9,16-19,34-37,40-43,51-62H,6-7,10-15,20-26H2,1-2H3,(H,46,63)(H,47,64). The van der Waals surface area contributed by atoms with Crippen molar-refractivity contribution in [3.05, 3.63) is 93.5 Å². The Morgan fingerprint density at radius 1 is 0.531 bits per heavy atom. The Morgan fingerprint density at radius 2 is 0.891 bits per heavy atom. The van der Waals surface area contributed by atoms with E-state index in [2.05, 4.69) is 37.5 Å². The highest BCUT2D eigenvalue weighted by atomic mass is 16.4. The largest absolute Gasteiger partial charge is 0.507 e. The molecule has 1 aliphatic rings. The molecule has 1 aliphatic heterocycles. The van der Waals surface area contributed by atoms with Gasteiger partial charge in [-0.3, -0.25) is 24.3 Å². The van der Waals surface area contributed by atoms with Crippen molar-refractivity contribution in [2.45, 2.75) is 95.2 Å². The lowest BCUT2D eigenvalue weighted by atomic mass is 10.0. The van der Waals surface area contributed by atoms with Crippen LogP contribution in [0.25, 0.3) is 0 Å². The zero-order valence-corrected chi connectivity index (χ0v) is 36.4. The highest BCUT2D eigenvalue weighted by molar-refractivity contribution is 5.98. The van der Waals surface area contributed by atoms with Crippen LogP contribution >= 0.6 is 0 Å². The molecule has 1 fully saturated rings. The molecule has 8 atom stereocenters. The van der Waals surface area contributed by atoms with Gasteiger partial charge in [0.25, 0.3) is 11.8 Å². The third kappa shape index (κ3) is 15.1. The van der Waals surface area contributed by atoms with E-state index in [1.807, 2.05) is 18.2 Å². The molecule has 14 N–H and O–H groups in total. The van der Waals surface area contributed by atoms with E-state index < -0.39 is 86.9 Å². The Balaban J connectivity index is 1.50. The van der Waals surface area contributed by atoms with Gasteiger partial charge in [0.1, 0.15) is 48.1 Å². The number of amides is 2. The smallest absolute Gasteiger partial charge is 0.255 e. The Bertz CT molecular complexity index is 1930. The first-order valence-corrected chi connectivity index (χ1v) is 21.5. The molecule has 2 amide bonds. The molecule has 64 heavy (non-hydrogen) atoms. The summed E-state index contributed by atoms with van der Waals surface area (Å²) >= 11 is 0. The number of aliphatic hydroxyl groups excluding tert-OH is 10. The predicted octanol–water partition coefficient (Wildman–Crippen LogP) is -2.35. The number of rotatable bonds is 20. The molecule has 4 rings (SSSR count). The van der Waals surface area contributed by atoms with Crippen molar-refractivity contribution >= 4 is 11.8 Å². The number of aromatic hydroxyl groups is 2. The molecule has 0 spiro atoms. The van der Waals surface area contributed by atoms with E-state index in [0.717, 1.165) is 18.5 Å². The number of phenols is 2. The van der Waals surface area contributed by atoms with Gasteiger partial charge >= 0.3 is 0 Å². The molecule has 19 nitrogen and oxygen atoms in total.